The SMILES string of the molecule is C[Si](C)(C)OS(=O)(=O)OCCOCCOS(=O)(=O)O[Si](C)(C)C. The van der Waals surface area contributed by atoms with Gasteiger partial charge in [0.15, 0.2) is 0 Å². The summed E-state index contributed by atoms with van der Waals surface area (Å²) in [6, 6.07) is 0. The minimum Gasteiger partial charge on any atom is -0.377 e. The smallest absolute Gasteiger partial charge is 0.377 e. The molecule has 0 aliphatic carbocycles. The van der Waals surface area contributed by atoms with Crippen LogP contribution in [0.25, 0.3) is 0 Å². The quantitative estimate of drug-likeness (QED) is 0.346. The maximum atomic E-state index is 11.4. The second-order valence-electron chi connectivity index (χ2n) is 6.46. The first-order valence-corrected chi connectivity index (χ1v) is 16.4. The summed E-state index contributed by atoms with van der Waals surface area (Å²) in [5, 5.41) is 0. The van der Waals surface area contributed by atoms with Crippen molar-refractivity contribution >= 4 is 37.4 Å². The van der Waals surface area contributed by atoms with E-state index in [2.05, 4.69) is 8.37 Å². The van der Waals surface area contributed by atoms with Gasteiger partial charge in [-0.05, 0) is 39.3 Å². The normalized spacial score (nSPS) is 14.2. The number of hydrogen-bond acceptors (Lipinski definition) is 9. The molecule has 0 radical (unpaired) electrons. The van der Waals surface area contributed by atoms with E-state index in [0.717, 1.165) is 0 Å². The van der Waals surface area contributed by atoms with Crippen LogP contribution in [0.5, 0.6) is 0 Å². The first-order valence-electron chi connectivity index (χ1n) is 6.90. The highest BCUT2D eigenvalue weighted by Gasteiger charge is 2.26. The molecule has 140 valence electrons. The predicted octanol–water partition coefficient (Wildman–Crippen LogP) is 1.23. The van der Waals surface area contributed by atoms with Gasteiger partial charge in [-0.1, -0.05) is 0 Å². The Bertz CT molecular complexity index is 496. The molecule has 0 aromatic carbocycles. The van der Waals surface area contributed by atoms with E-state index in [1.165, 1.54) is 0 Å². The highest BCUT2D eigenvalue weighted by molar-refractivity contribution is 7.83. The Hall–Kier alpha value is 0.134. The third kappa shape index (κ3) is 15.4. The van der Waals surface area contributed by atoms with E-state index in [4.69, 9.17) is 12.5 Å². The van der Waals surface area contributed by atoms with Crippen molar-refractivity contribution in [2.24, 2.45) is 0 Å². The number of rotatable bonds is 12. The molecule has 13 heteroatoms. The van der Waals surface area contributed by atoms with Gasteiger partial charge in [0.1, 0.15) is 0 Å². The van der Waals surface area contributed by atoms with Crippen LogP contribution in [0.2, 0.25) is 39.3 Å². The summed E-state index contributed by atoms with van der Waals surface area (Å²) in [6.07, 6.45) is 0. The molecule has 0 aromatic heterocycles. The van der Waals surface area contributed by atoms with Gasteiger partial charge in [0.05, 0.1) is 26.4 Å². The van der Waals surface area contributed by atoms with Crippen molar-refractivity contribution in [3.63, 3.8) is 0 Å². The fourth-order valence-corrected chi connectivity index (χ4v) is 6.98. The third-order valence-electron chi connectivity index (χ3n) is 1.61. The Morgan fingerprint density at radius 3 is 1.17 bits per heavy atom. The Kier molecular flexibility index (Phi) is 9.06. The average Bonchev–Trinajstić information content (AvgIpc) is 2.20. The predicted molar refractivity (Wildman–Crippen MR) is 89.4 cm³/mol. The lowest BCUT2D eigenvalue weighted by Crippen LogP contribution is -2.31. The zero-order valence-electron chi connectivity index (χ0n) is 14.3. The molecule has 9 nitrogen and oxygen atoms in total. The van der Waals surface area contributed by atoms with Crippen molar-refractivity contribution in [1.29, 1.82) is 0 Å². The minimum absolute atomic E-state index is 0.0490. The molecule has 0 spiro atoms. The van der Waals surface area contributed by atoms with Crippen LogP contribution in [-0.2, 0) is 41.6 Å². The van der Waals surface area contributed by atoms with Gasteiger partial charge in [-0.3, -0.25) is 7.74 Å². The monoisotopic (exact) mass is 410 g/mol. The zero-order valence-corrected chi connectivity index (χ0v) is 18.0. The van der Waals surface area contributed by atoms with Gasteiger partial charge >= 0.3 is 20.8 Å². The molecule has 0 atom stereocenters. The van der Waals surface area contributed by atoms with Crippen molar-refractivity contribution in [1.82, 2.24) is 0 Å². The van der Waals surface area contributed by atoms with Crippen LogP contribution in [-0.4, -0.2) is 59.9 Å². The summed E-state index contributed by atoms with van der Waals surface area (Å²) in [5.41, 5.74) is 0. The van der Waals surface area contributed by atoms with E-state index < -0.39 is 37.4 Å². The van der Waals surface area contributed by atoms with Crippen molar-refractivity contribution in [2.45, 2.75) is 39.3 Å². The number of ether oxygens (including phenoxy) is 1. The topological polar surface area (TPSA) is 114 Å². The third-order valence-corrected chi connectivity index (χ3v) is 8.16. The first-order chi connectivity index (χ1) is 10.1. The van der Waals surface area contributed by atoms with Crippen LogP contribution < -0.4 is 0 Å². The molecule has 0 aliphatic heterocycles. The lowest BCUT2D eigenvalue weighted by Gasteiger charge is -2.16. The summed E-state index contributed by atoms with van der Waals surface area (Å²) in [7, 11) is -12.6. The van der Waals surface area contributed by atoms with E-state index in [9.17, 15) is 16.8 Å². The van der Waals surface area contributed by atoms with Crippen LogP contribution >= 0.6 is 0 Å². The molecule has 23 heavy (non-hydrogen) atoms. The minimum atomic E-state index is -4.04. The fourth-order valence-electron chi connectivity index (χ4n) is 1.15. The van der Waals surface area contributed by atoms with Crippen LogP contribution in [0.1, 0.15) is 0 Å². The Balaban J connectivity index is 3.87. The number of hydrogen-bond donors (Lipinski definition) is 0. The van der Waals surface area contributed by atoms with Gasteiger partial charge in [0.2, 0.25) is 16.6 Å². The van der Waals surface area contributed by atoms with Crippen LogP contribution in [0.4, 0.5) is 0 Å². The second kappa shape index (κ2) is 9.00. The zero-order chi connectivity index (χ0) is 18.4. The fraction of sp³-hybridized carbons (Fsp3) is 1.00. The summed E-state index contributed by atoms with van der Waals surface area (Å²) in [5.74, 6) is 0. The molecule has 0 saturated carbocycles. The molecular formula is C10H26O9S2Si2. The molecular weight excluding hydrogens is 384 g/mol. The van der Waals surface area contributed by atoms with E-state index in [0.29, 0.717) is 0 Å². The average molecular weight is 411 g/mol. The van der Waals surface area contributed by atoms with Crippen molar-refractivity contribution in [3.8, 4) is 0 Å². The molecule has 0 unspecified atom stereocenters. The molecule has 0 saturated heterocycles. The standard InChI is InChI=1S/C10H26O9S2Si2/c1-22(2,3)18-20(11,12)16-9-7-15-8-10-17-21(13,14)19-23(4,5)6/h7-10H2,1-6H3. The Morgan fingerprint density at radius 1 is 0.609 bits per heavy atom. The van der Waals surface area contributed by atoms with Gasteiger partial charge in [-0.15, -0.1) is 0 Å². The van der Waals surface area contributed by atoms with Crippen LogP contribution in [0.3, 0.4) is 0 Å². The maximum Gasteiger partial charge on any atom is 0.390 e. The maximum absolute atomic E-state index is 11.4. The van der Waals surface area contributed by atoms with E-state index in [1.807, 2.05) is 0 Å². The summed E-state index contributed by atoms with van der Waals surface area (Å²) in [6.45, 7) is 9.72. The van der Waals surface area contributed by atoms with Crippen molar-refractivity contribution in [2.75, 3.05) is 26.4 Å². The largest absolute Gasteiger partial charge is 0.390 e. The molecule has 0 fully saturated rings. The first kappa shape index (κ1) is 23.1. The van der Waals surface area contributed by atoms with Crippen molar-refractivity contribution in [3.05, 3.63) is 0 Å². The van der Waals surface area contributed by atoms with Crippen molar-refractivity contribution < 1.29 is 37.7 Å². The molecule has 0 rings (SSSR count). The van der Waals surface area contributed by atoms with Gasteiger partial charge in [-0.2, -0.15) is 16.8 Å². The van der Waals surface area contributed by atoms with E-state index >= 15 is 0 Å². The van der Waals surface area contributed by atoms with E-state index in [1.54, 1.807) is 39.3 Å². The molecule has 0 amide bonds. The molecule has 0 aromatic rings. The van der Waals surface area contributed by atoms with Gasteiger partial charge < -0.3 is 4.74 Å². The molecule has 0 bridgehead atoms. The lowest BCUT2D eigenvalue weighted by molar-refractivity contribution is 0.0739. The summed E-state index contributed by atoms with van der Waals surface area (Å²) in [4.78, 5) is 0. The molecule has 0 aliphatic rings. The van der Waals surface area contributed by atoms with Gasteiger partial charge in [0.25, 0.3) is 0 Å². The van der Waals surface area contributed by atoms with Gasteiger partial charge in [-0.25, -0.2) is 8.37 Å². The molecule has 0 N–H and O–H groups in total. The summed E-state index contributed by atoms with van der Waals surface area (Å²) < 4.78 is 69.6. The Morgan fingerprint density at radius 2 is 0.913 bits per heavy atom. The Labute approximate surface area is 141 Å². The van der Waals surface area contributed by atoms with Crippen LogP contribution in [0.15, 0.2) is 0 Å². The van der Waals surface area contributed by atoms with Crippen LogP contribution in [0, 0.1) is 0 Å². The van der Waals surface area contributed by atoms with E-state index in [-0.39, 0.29) is 26.4 Å². The lowest BCUT2D eigenvalue weighted by atomic mass is 10.7. The highest BCUT2D eigenvalue weighted by Crippen LogP contribution is 2.10. The van der Waals surface area contributed by atoms with Gasteiger partial charge in [0, 0.05) is 0 Å². The summed E-state index contributed by atoms with van der Waals surface area (Å²) >= 11 is 0. The highest BCUT2D eigenvalue weighted by atomic mass is 32.3. The second-order valence-corrected chi connectivity index (χ2v) is 18.4. The molecule has 0 heterocycles.